The molecule has 2 rings (SSSR count). The number of hydrogen-bond donors (Lipinski definition) is 2. The molecule has 0 bridgehead atoms. The fourth-order valence-electron chi connectivity index (χ4n) is 1.90. The second kappa shape index (κ2) is 8.90. The summed E-state index contributed by atoms with van der Waals surface area (Å²) < 4.78 is 0.743. The number of nitrogens with one attached hydrogen (secondary N) is 2. The standard InChI is InChI=1S/C18H17BrN2O2/c19-16-9-5-4-8-15(16)18(23)21-13-12-20-17(22)11-10-14-6-2-1-3-7-14/h1-11H,12-13H2,(H,20,22)(H,21,23)/b11-10+. The zero-order valence-electron chi connectivity index (χ0n) is 12.5. The average Bonchev–Trinajstić information content (AvgIpc) is 2.58. The minimum Gasteiger partial charge on any atom is -0.351 e. The van der Waals surface area contributed by atoms with Crippen LogP contribution in [0.4, 0.5) is 0 Å². The lowest BCUT2D eigenvalue weighted by Gasteiger charge is -2.07. The molecule has 0 aromatic heterocycles. The molecule has 2 amide bonds. The number of halogens is 1. The summed E-state index contributed by atoms with van der Waals surface area (Å²) in [5, 5.41) is 5.48. The van der Waals surface area contributed by atoms with Crippen molar-refractivity contribution in [2.75, 3.05) is 13.1 Å². The number of carbonyl (C=O) groups excluding carboxylic acids is 2. The van der Waals surface area contributed by atoms with Crippen LogP contribution in [0.2, 0.25) is 0 Å². The molecule has 0 fully saturated rings. The van der Waals surface area contributed by atoms with E-state index >= 15 is 0 Å². The van der Waals surface area contributed by atoms with Gasteiger partial charge in [0.25, 0.3) is 5.91 Å². The molecule has 2 aromatic carbocycles. The largest absolute Gasteiger partial charge is 0.351 e. The smallest absolute Gasteiger partial charge is 0.252 e. The maximum atomic E-state index is 12.0. The maximum absolute atomic E-state index is 12.0. The Balaban J connectivity index is 1.71. The first kappa shape index (κ1) is 17.0. The van der Waals surface area contributed by atoms with Gasteiger partial charge in [-0.25, -0.2) is 0 Å². The van der Waals surface area contributed by atoms with Crippen LogP contribution in [-0.4, -0.2) is 24.9 Å². The van der Waals surface area contributed by atoms with E-state index in [4.69, 9.17) is 0 Å². The Morgan fingerprint density at radius 1 is 0.913 bits per heavy atom. The molecule has 0 heterocycles. The molecule has 0 aliphatic carbocycles. The molecular weight excluding hydrogens is 356 g/mol. The molecular formula is C18H17BrN2O2. The lowest BCUT2D eigenvalue weighted by atomic mass is 10.2. The van der Waals surface area contributed by atoms with Crippen molar-refractivity contribution in [1.82, 2.24) is 10.6 Å². The van der Waals surface area contributed by atoms with E-state index in [-0.39, 0.29) is 11.8 Å². The Hall–Kier alpha value is -2.40. The summed E-state index contributed by atoms with van der Waals surface area (Å²) in [6.07, 6.45) is 3.22. The predicted molar refractivity (Wildman–Crippen MR) is 95.0 cm³/mol. The number of amides is 2. The van der Waals surface area contributed by atoms with E-state index in [1.807, 2.05) is 42.5 Å². The Morgan fingerprint density at radius 3 is 2.30 bits per heavy atom. The molecule has 0 unspecified atom stereocenters. The van der Waals surface area contributed by atoms with Crippen LogP contribution in [0.25, 0.3) is 6.08 Å². The van der Waals surface area contributed by atoms with Gasteiger partial charge in [0.15, 0.2) is 0 Å². The van der Waals surface area contributed by atoms with Crippen LogP contribution < -0.4 is 10.6 Å². The number of carbonyl (C=O) groups is 2. The second-order valence-corrected chi connectivity index (χ2v) is 5.63. The predicted octanol–water partition coefficient (Wildman–Crippen LogP) is 3.01. The van der Waals surface area contributed by atoms with Gasteiger partial charge in [-0.15, -0.1) is 0 Å². The molecule has 5 heteroatoms. The highest BCUT2D eigenvalue weighted by Gasteiger charge is 2.07. The SMILES string of the molecule is O=C(/C=C/c1ccccc1)NCCNC(=O)c1ccccc1Br. The lowest BCUT2D eigenvalue weighted by molar-refractivity contribution is -0.116. The van der Waals surface area contributed by atoms with Crippen molar-refractivity contribution >= 4 is 33.8 Å². The van der Waals surface area contributed by atoms with E-state index < -0.39 is 0 Å². The normalized spacial score (nSPS) is 10.5. The maximum Gasteiger partial charge on any atom is 0.252 e. The van der Waals surface area contributed by atoms with Gasteiger partial charge >= 0.3 is 0 Å². The summed E-state index contributed by atoms with van der Waals surface area (Å²) in [5.74, 6) is -0.365. The van der Waals surface area contributed by atoms with E-state index in [0.29, 0.717) is 18.7 Å². The van der Waals surface area contributed by atoms with Crippen LogP contribution in [0.5, 0.6) is 0 Å². The summed E-state index contributed by atoms with van der Waals surface area (Å²) in [6, 6.07) is 16.8. The van der Waals surface area contributed by atoms with E-state index in [2.05, 4.69) is 26.6 Å². The van der Waals surface area contributed by atoms with Gasteiger partial charge in [0.2, 0.25) is 5.91 Å². The number of rotatable bonds is 6. The van der Waals surface area contributed by atoms with Crippen molar-refractivity contribution < 1.29 is 9.59 Å². The number of hydrogen-bond acceptors (Lipinski definition) is 2. The molecule has 2 aromatic rings. The summed E-state index contributed by atoms with van der Waals surface area (Å²) in [6.45, 7) is 0.735. The average molecular weight is 373 g/mol. The highest BCUT2D eigenvalue weighted by atomic mass is 79.9. The Kier molecular flexibility index (Phi) is 6.56. The molecule has 0 saturated carbocycles. The van der Waals surface area contributed by atoms with Crippen LogP contribution >= 0.6 is 15.9 Å². The topological polar surface area (TPSA) is 58.2 Å². The minimum atomic E-state index is -0.191. The molecule has 23 heavy (non-hydrogen) atoms. The molecule has 4 nitrogen and oxygen atoms in total. The van der Waals surface area contributed by atoms with Crippen LogP contribution in [0.1, 0.15) is 15.9 Å². The van der Waals surface area contributed by atoms with Crippen molar-refractivity contribution in [3.63, 3.8) is 0 Å². The van der Waals surface area contributed by atoms with Gasteiger partial charge in [-0.2, -0.15) is 0 Å². The summed E-state index contributed by atoms with van der Waals surface area (Å²) in [5.41, 5.74) is 1.53. The van der Waals surface area contributed by atoms with Gasteiger partial charge in [-0.1, -0.05) is 42.5 Å². The molecule has 0 radical (unpaired) electrons. The fourth-order valence-corrected chi connectivity index (χ4v) is 2.36. The number of benzene rings is 2. The Bertz CT molecular complexity index is 699. The van der Waals surface area contributed by atoms with Crippen molar-refractivity contribution in [3.05, 3.63) is 76.3 Å². The summed E-state index contributed by atoms with van der Waals surface area (Å²) in [7, 11) is 0. The first-order valence-corrected chi connectivity index (χ1v) is 8.00. The van der Waals surface area contributed by atoms with Crippen molar-refractivity contribution in [2.45, 2.75) is 0 Å². The van der Waals surface area contributed by atoms with E-state index in [9.17, 15) is 9.59 Å². The third-order valence-electron chi connectivity index (χ3n) is 3.06. The molecule has 0 aliphatic heterocycles. The van der Waals surface area contributed by atoms with Crippen LogP contribution in [-0.2, 0) is 4.79 Å². The molecule has 0 spiro atoms. The molecule has 0 saturated heterocycles. The van der Waals surface area contributed by atoms with Gasteiger partial charge < -0.3 is 10.6 Å². The molecule has 2 N–H and O–H groups in total. The van der Waals surface area contributed by atoms with E-state index in [1.54, 1.807) is 18.2 Å². The van der Waals surface area contributed by atoms with Gasteiger partial charge in [0.05, 0.1) is 5.56 Å². The van der Waals surface area contributed by atoms with Crippen molar-refractivity contribution in [1.29, 1.82) is 0 Å². The van der Waals surface area contributed by atoms with E-state index in [1.165, 1.54) is 6.08 Å². The fraction of sp³-hybridized carbons (Fsp3) is 0.111. The molecule has 0 aliphatic rings. The highest BCUT2D eigenvalue weighted by molar-refractivity contribution is 9.10. The summed E-state index contributed by atoms with van der Waals surface area (Å²) >= 11 is 3.33. The summed E-state index contributed by atoms with van der Waals surface area (Å²) in [4.78, 5) is 23.6. The first-order valence-electron chi connectivity index (χ1n) is 7.20. The van der Waals surface area contributed by atoms with E-state index in [0.717, 1.165) is 10.0 Å². The monoisotopic (exact) mass is 372 g/mol. The van der Waals surface area contributed by atoms with Gasteiger partial charge in [0.1, 0.15) is 0 Å². The van der Waals surface area contributed by atoms with Gasteiger partial charge in [0, 0.05) is 23.6 Å². The van der Waals surface area contributed by atoms with Crippen molar-refractivity contribution in [2.24, 2.45) is 0 Å². The van der Waals surface area contributed by atoms with Crippen LogP contribution in [0, 0.1) is 0 Å². The van der Waals surface area contributed by atoms with Gasteiger partial charge in [-0.05, 0) is 39.7 Å². The molecule has 118 valence electrons. The van der Waals surface area contributed by atoms with Crippen LogP contribution in [0.15, 0.2) is 65.1 Å². The second-order valence-electron chi connectivity index (χ2n) is 4.77. The minimum absolute atomic E-state index is 0.174. The first-order chi connectivity index (χ1) is 11.2. The molecule has 0 atom stereocenters. The zero-order valence-corrected chi connectivity index (χ0v) is 14.0. The Labute approximate surface area is 143 Å². The van der Waals surface area contributed by atoms with Crippen molar-refractivity contribution in [3.8, 4) is 0 Å². The Morgan fingerprint density at radius 2 is 1.57 bits per heavy atom. The highest BCUT2D eigenvalue weighted by Crippen LogP contribution is 2.15. The third kappa shape index (κ3) is 5.71. The van der Waals surface area contributed by atoms with Crippen LogP contribution in [0.3, 0.4) is 0 Å². The third-order valence-corrected chi connectivity index (χ3v) is 3.75. The lowest BCUT2D eigenvalue weighted by Crippen LogP contribution is -2.34. The van der Waals surface area contributed by atoms with Gasteiger partial charge in [-0.3, -0.25) is 9.59 Å². The zero-order chi connectivity index (χ0) is 16.5. The quantitative estimate of drug-likeness (QED) is 0.604.